The molecule has 0 saturated carbocycles. The molecule has 0 aliphatic rings. The van der Waals surface area contributed by atoms with Crippen LogP contribution in [0.4, 0.5) is 13.2 Å². The van der Waals surface area contributed by atoms with E-state index in [1.807, 2.05) is 13.8 Å². The highest BCUT2D eigenvalue weighted by molar-refractivity contribution is 5.79. The molecule has 0 fully saturated rings. The minimum atomic E-state index is -4.37. The van der Waals surface area contributed by atoms with E-state index in [0.29, 0.717) is 12.5 Å². The van der Waals surface area contributed by atoms with Crippen molar-refractivity contribution in [3.8, 4) is 5.75 Å². The first-order chi connectivity index (χ1) is 11.4. The number of hydrogen-bond acceptors (Lipinski definition) is 3. The summed E-state index contributed by atoms with van der Waals surface area (Å²) in [6.45, 7) is 5.51. The van der Waals surface area contributed by atoms with Gasteiger partial charge in [0.25, 0.3) is 0 Å². The van der Waals surface area contributed by atoms with Gasteiger partial charge < -0.3 is 20.5 Å². The third-order valence-corrected chi connectivity index (χ3v) is 2.97. The summed E-state index contributed by atoms with van der Waals surface area (Å²) in [5.41, 5.74) is -0.739. The van der Waals surface area contributed by atoms with Gasteiger partial charge in [0.15, 0.2) is 5.96 Å². The first-order valence-electron chi connectivity index (χ1n) is 7.87. The predicted molar refractivity (Wildman–Crippen MR) is 87.2 cm³/mol. The van der Waals surface area contributed by atoms with Gasteiger partial charge in [-0.05, 0) is 37.6 Å². The Kier molecular flexibility index (Phi) is 8.39. The zero-order valence-electron chi connectivity index (χ0n) is 13.9. The second kappa shape index (κ2) is 10.0. The van der Waals surface area contributed by atoms with E-state index in [4.69, 9.17) is 4.74 Å². The van der Waals surface area contributed by atoms with Gasteiger partial charge in [-0.3, -0.25) is 4.99 Å². The number of alkyl halides is 3. The fourth-order valence-electron chi connectivity index (χ4n) is 1.77. The van der Waals surface area contributed by atoms with Crippen molar-refractivity contribution >= 4 is 5.96 Å². The highest BCUT2D eigenvalue weighted by atomic mass is 19.4. The van der Waals surface area contributed by atoms with Gasteiger partial charge in [-0.1, -0.05) is 6.92 Å². The van der Waals surface area contributed by atoms with Crippen molar-refractivity contribution in [3.63, 3.8) is 0 Å². The van der Waals surface area contributed by atoms with Crippen LogP contribution in [-0.2, 0) is 6.18 Å². The molecular weight excluding hydrogens is 323 g/mol. The van der Waals surface area contributed by atoms with Crippen molar-refractivity contribution in [2.75, 3.05) is 26.2 Å². The van der Waals surface area contributed by atoms with Crippen LogP contribution in [0.3, 0.4) is 0 Å². The third-order valence-electron chi connectivity index (χ3n) is 2.97. The molecule has 1 unspecified atom stereocenters. The Bertz CT molecular complexity index is 504. The van der Waals surface area contributed by atoms with E-state index in [9.17, 15) is 18.3 Å². The molecule has 0 bridgehead atoms. The molecule has 24 heavy (non-hydrogen) atoms. The maximum absolute atomic E-state index is 12.5. The quantitative estimate of drug-likeness (QED) is 0.499. The molecule has 1 atom stereocenters. The van der Waals surface area contributed by atoms with Gasteiger partial charge in [0.1, 0.15) is 18.5 Å². The minimum absolute atomic E-state index is 0.0535. The van der Waals surface area contributed by atoms with E-state index in [-0.39, 0.29) is 18.9 Å². The van der Waals surface area contributed by atoms with Crippen LogP contribution in [0.2, 0.25) is 0 Å². The topological polar surface area (TPSA) is 65.9 Å². The molecular formula is C16H24F3N3O2. The van der Waals surface area contributed by atoms with Crippen LogP contribution in [0, 0.1) is 0 Å². The number of hydrogen-bond donors (Lipinski definition) is 3. The molecule has 1 aromatic carbocycles. The summed E-state index contributed by atoms with van der Waals surface area (Å²) < 4.78 is 42.6. The van der Waals surface area contributed by atoms with Gasteiger partial charge in [-0.15, -0.1) is 0 Å². The minimum Gasteiger partial charge on any atom is -0.491 e. The average molecular weight is 347 g/mol. The Morgan fingerprint density at radius 1 is 1.21 bits per heavy atom. The first-order valence-corrected chi connectivity index (χ1v) is 7.87. The number of aliphatic imine (C=N–C) groups is 1. The molecule has 0 aliphatic carbocycles. The van der Waals surface area contributed by atoms with Gasteiger partial charge >= 0.3 is 6.18 Å². The van der Waals surface area contributed by atoms with Crippen molar-refractivity contribution in [3.05, 3.63) is 29.8 Å². The van der Waals surface area contributed by atoms with Crippen LogP contribution in [0.25, 0.3) is 0 Å². The summed E-state index contributed by atoms with van der Waals surface area (Å²) in [6, 6.07) is 4.34. The maximum Gasteiger partial charge on any atom is 0.416 e. The van der Waals surface area contributed by atoms with Gasteiger partial charge in [0.05, 0.1) is 12.1 Å². The lowest BCUT2D eigenvalue weighted by Crippen LogP contribution is -2.38. The van der Waals surface area contributed by atoms with Crippen LogP contribution in [0.5, 0.6) is 5.75 Å². The van der Waals surface area contributed by atoms with Gasteiger partial charge in [0, 0.05) is 13.1 Å². The largest absolute Gasteiger partial charge is 0.491 e. The monoisotopic (exact) mass is 347 g/mol. The number of nitrogens with zero attached hydrogens (tertiary/aromatic N) is 1. The maximum atomic E-state index is 12.5. The average Bonchev–Trinajstić information content (AvgIpc) is 2.55. The van der Waals surface area contributed by atoms with Crippen molar-refractivity contribution < 1.29 is 23.0 Å². The lowest BCUT2D eigenvalue weighted by atomic mass is 10.2. The molecule has 1 aromatic rings. The molecule has 0 saturated heterocycles. The molecule has 0 heterocycles. The third kappa shape index (κ3) is 7.54. The summed E-state index contributed by atoms with van der Waals surface area (Å²) in [7, 11) is 0. The second-order valence-electron chi connectivity index (χ2n) is 5.13. The Morgan fingerprint density at radius 3 is 2.42 bits per heavy atom. The number of aliphatic hydroxyl groups is 1. The zero-order chi connectivity index (χ0) is 18.0. The van der Waals surface area contributed by atoms with Gasteiger partial charge in [-0.25, -0.2) is 0 Å². The Hall–Kier alpha value is -1.96. The molecule has 0 radical (unpaired) electrons. The van der Waals surface area contributed by atoms with Crippen LogP contribution >= 0.6 is 0 Å². The van der Waals surface area contributed by atoms with Crippen LogP contribution in [-0.4, -0.2) is 43.4 Å². The van der Waals surface area contributed by atoms with E-state index in [1.165, 1.54) is 12.1 Å². The molecule has 5 nitrogen and oxygen atoms in total. The number of aliphatic hydroxyl groups excluding tert-OH is 1. The number of benzene rings is 1. The smallest absolute Gasteiger partial charge is 0.416 e. The molecule has 8 heteroatoms. The molecule has 1 rings (SSSR count). The molecule has 0 spiro atoms. The molecule has 3 N–H and O–H groups in total. The van der Waals surface area contributed by atoms with Gasteiger partial charge in [-0.2, -0.15) is 13.2 Å². The first kappa shape index (κ1) is 20.1. The summed E-state index contributed by atoms with van der Waals surface area (Å²) in [5.74, 6) is 0.870. The Balaban J connectivity index is 2.46. The van der Waals surface area contributed by atoms with E-state index in [0.717, 1.165) is 25.1 Å². The highest BCUT2D eigenvalue weighted by Gasteiger charge is 2.30. The number of guanidine groups is 1. The molecule has 0 aliphatic heterocycles. The van der Waals surface area contributed by atoms with Crippen molar-refractivity contribution in [1.82, 2.24) is 10.6 Å². The summed E-state index contributed by atoms with van der Waals surface area (Å²) in [6.07, 6.45) is -4.28. The van der Waals surface area contributed by atoms with E-state index >= 15 is 0 Å². The van der Waals surface area contributed by atoms with Crippen molar-refractivity contribution in [1.29, 1.82) is 0 Å². The second-order valence-corrected chi connectivity index (χ2v) is 5.13. The van der Waals surface area contributed by atoms with E-state index in [1.54, 1.807) is 0 Å². The Morgan fingerprint density at radius 2 is 1.88 bits per heavy atom. The van der Waals surface area contributed by atoms with Crippen LogP contribution < -0.4 is 15.4 Å². The lowest BCUT2D eigenvalue weighted by Gasteiger charge is -2.14. The number of halogens is 3. The van der Waals surface area contributed by atoms with Crippen molar-refractivity contribution in [2.24, 2.45) is 4.99 Å². The normalized spacial score (nSPS) is 13.5. The fraction of sp³-hybridized carbons (Fsp3) is 0.562. The predicted octanol–water partition coefficient (Wildman–Crippen LogP) is 2.41. The van der Waals surface area contributed by atoms with Crippen LogP contribution in [0.1, 0.15) is 25.8 Å². The fourth-order valence-corrected chi connectivity index (χ4v) is 1.77. The number of nitrogens with one attached hydrogen (secondary N) is 2. The standard InChI is InChI=1S/C16H24F3N3O2/c1-3-9-21-15(20-4-2)22-10-13(23)11-24-14-7-5-12(6-8-14)16(17,18)19/h5-8,13,23H,3-4,9-11H2,1-2H3,(H2,20,21,22). The highest BCUT2D eigenvalue weighted by Crippen LogP contribution is 2.30. The summed E-state index contributed by atoms with van der Waals surface area (Å²) >= 11 is 0. The lowest BCUT2D eigenvalue weighted by molar-refractivity contribution is -0.137. The summed E-state index contributed by atoms with van der Waals surface area (Å²) in [5, 5.41) is 16.0. The molecule has 136 valence electrons. The molecule has 0 aromatic heterocycles. The van der Waals surface area contributed by atoms with Crippen LogP contribution in [0.15, 0.2) is 29.3 Å². The van der Waals surface area contributed by atoms with Crippen molar-refractivity contribution in [2.45, 2.75) is 32.5 Å². The number of rotatable bonds is 8. The summed E-state index contributed by atoms with van der Waals surface area (Å²) in [4.78, 5) is 4.23. The van der Waals surface area contributed by atoms with E-state index < -0.39 is 17.8 Å². The Labute approximate surface area is 139 Å². The number of ether oxygens (including phenoxy) is 1. The van der Waals surface area contributed by atoms with E-state index in [2.05, 4.69) is 15.6 Å². The van der Waals surface area contributed by atoms with Gasteiger partial charge in [0.2, 0.25) is 0 Å². The SMILES string of the molecule is CCCNC(=NCC(O)COc1ccc(C(F)(F)F)cc1)NCC. The molecule has 0 amide bonds. The zero-order valence-corrected chi connectivity index (χ0v) is 13.9.